The Balaban J connectivity index is 3.17. The van der Waals surface area contributed by atoms with Gasteiger partial charge in [0.2, 0.25) is 0 Å². The van der Waals surface area contributed by atoms with E-state index in [0.717, 1.165) is 0 Å². The highest BCUT2D eigenvalue weighted by atomic mass is 16.6. The second kappa shape index (κ2) is 6.27. The summed E-state index contributed by atoms with van der Waals surface area (Å²) in [6.45, 7) is 3.56. The van der Waals surface area contributed by atoms with Gasteiger partial charge in [-0.2, -0.15) is 0 Å². The number of carbonyl (C=O) groups excluding carboxylic acids is 2. The summed E-state index contributed by atoms with van der Waals surface area (Å²) in [4.78, 5) is 26.0. The molecule has 0 spiro atoms. The van der Waals surface area contributed by atoms with Crippen LogP contribution in [0.2, 0.25) is 0 Å². The largest absolute Gasteiger partial charge is 0.414 e. The van der Waals surface area contributed by atoms with Crippen LogP contribution in [0, 0.1) is 13.8 Å². The summed E-state index contributed by atoms with van der Waals surface area (Å²) in [6, 6.07) is 3.61. The Kier molecular flexibility index (Phi) is 4.96. The standard InChI is InChI=1S/C14H20N2O4/c1-9-7-8-10(2)12(20-14(18)16(5)6)11(9)19-13(17)15(3)4/h7-8H,1-6H3. The molecular formula is C14H20N2O4. The molecule has 0 unspecified atom stereocenters. The first-order chi connectivity index (χ1) is 9.23. The van der Waals surface area contributed by atoms with Crippen molar-refractivity contribution in [1.82, 2.24) is 9.80 Å². The Bertz CT molecular complexity index is 477. The Labute approximate surface area is 118 Å². The summed E-state index contributed by atoms with van der Waals surface area (Å²) in [7, 11) is 6.33. The highest BCUT2D eigenvalue weighted by Gasteiger charge is 2.20. The second-order valence-corrected chi connectivity index (χ2v) is 4.88. The van der Waals surface area contributed by atoms with Gasteiger partial charge >= 0.3 is 12.2 Å². The molecular weight excluding hydrogens is 260 g/mol. The molecule has 0 aliphatic rings. The molecule has 1 rings (SSSR count). The second-order valence-electron chi connectivity index (χ2n) is 4.88. The minimum atomic E-state index is -0.527. The van der Waals surface area contributed by atoms with Gasteiger partial charge in [-0.05, 0) is 25.0 Å². The molecule has 6 heteroatoms. The average Bonchev–Trinajstić information content (AvgIpc) is 2.37. The van der Waals surface area contributed by atoms with Crippen molar-refractivity contribution >= 4 is 12.2 Å². The van der Waals surface area contributed by atoms with Crippen molar-refractivity contribution in [2.24, 2.45) is 0 Å². The highest BCUT2D eigenvalue weighted by molar-refractivity contribution is 5.75. The van der Waals surface area contributed by atoms with Crippen molar-refractivity contribution in [2.75, 3.05) is 28.2 Å². The van der Waals surface area contributed by atoms with E-state index in [2.05, 4.69) is 0 Å². The van der Waals surface area contributed by atoms with Gasteiger partial charge in [0.15, 0.2) is 11.5 Å². The minimum absolute atomic E-state index is 0.263. The number of aryl methyl sites for hydroxylation is 2. The topological polar surface area (TPSA) is 59.1 Å². The lowest BCUT2D eigenvalue weighted by Gasteiger charge is -2.18. The molecule has 1 aromatic carbocycles. The maximum atomic E-state index is 11.7. The number of nitrogens with zero attached hydrogens (tertiary/aromatic N) is 2. The lowest BCUT2D eigenvalue weighted by molar-refractivity contribution is 0.160. The fraction of sp³-hybridized carbons (Fsp3) is 0.429. The van der Waals surface area contributed by atoms with Crippen molar-refractivity contribution in [3.05, 3.63) is 23.3 Å². The van der Waals surface area contributed by atoms with Crippen LogP contribution in [0.5, 0.6) is 11.5 Å². The van der Waals surface area contributed by atoms with Gasteiger partial charge in [0, 0.05) is 28.2 Å². The van der Waals surface area contributed by atoms with Crippen LogP contribution in [0.4, 0.5) is 9.59 Å². The third kappa shape index (κ3) is 3.63. The summed E-state index contributed by atoms with van der Waals surface area (Å²) in [5.74, 6) is 0.526. The SMILES string of the molecule is Cc1ccc(C)c(OC(=O)N(C)C)c1OC(=O)N(C)C. The van der Waals surface area contributed by atoms with Gasteiger partial charge < -0.3 is 19.3 Å². The van der Waals surface area contributed by atoms with Crippen LogP contribution in [0.15, 0.2) is 12.1 Å². The van der Waals surface area contributed by atoms with E-state index in [0.29, 0.717) is 11.1 Å². The monoisotopic (exact) mass is 280 g/mol. The van der Waals surface area contributed by atoms with Crippen molar-refractivity contribution in [2.45, 2.75) is 13.8 Å². The molecule has 0 radical (unpaired) electrons. The molecule has 2 amide bonds. The van der Waals surface area contributed by atoms with Gasteiger partial charge in [0.25, 0.3) is 0 Å². The quantitative estimate of drug-likeness (QED) is 0.834. The lowest BCUT2D eigenvalue weighted by Crippen LogP contribution is -2.28. The maximum absolute atomic E-state index is 11.7. The molecule has 0 fully saturated rings. The first-order valence-corrected chi connectivity index (χ1v) is 6.12. The summed E-state index contributed by atoms with van der Waals surface area (Å²) >= 11 is 0. The van der Waals surface area contributed by atoms with E-state index in [9.17, 15) is 9.59 Å². The van der Waals surface area contributed by atoms with Crippen LogP contribution in [0.1, 0.15) is 11.1 Å². The zero-order chi connectivity index (χ0) is 15.4. The number of benzene rings is 1. The lowest BCUT2D eigenvalue weighted by atomic mass is 10.1. The molecule has 0 aliphatic carbocycles. The Morgan fingerprint density at radius 2 is 1.10 bits per heavy atom. The molecule has 110 valence electrons. The van der Waals surface area contributed by atoms with Gasteiger partial charge in [0.1, 0.15) is 0 Å². The number of rotatable bonds is 2. The highest BCUT2D eigenvalue weighted by Crippen LogP contribution is 2.35. The normalized spacial score (nSPS) is 9.90. The van der Waals surface area contributed by atoms with E-state index in [1.54, 1.807) is 54.2 Å². The first-order valence-electron chi connectivity index (χ1n) is 6.12. The molecule has 0 heterocycles. The number of hydrogen-bond acceptors (Lipinski definition) is 4. The van der Waals surface area contributed by atoms with E-state index < -0.39 is 12.2 Å². The fourth-order valence-corrected chi connectivity index (χ4v) is 1.37. The number of hydrogen-bond donors (Lipinski definition) is 0. The van der Waals surface area contributed by atoms with Crippen LogP contribution < -0.4 is 9.47 Å². The van der Waals surface area contributed by atoms with Crippen LogP contribution in [-0.2, 0) is 0 Å². The number of amides is 2. The van der Waals surface area contributed by atoms with Gasteiger partial charge in [-0.1, -0.05) is 12.1 Å². The van der Waals surface area contributed by atoms with Crippen LogP contribution in [0.25, 0.3) is 0 Å². The zero-order valence-corrected chi connectivity index (χ0v) is 12.7. The van der Waals surface area contributed by atoms with Crippen LogP contribution >= 0.6 is 0 Å². The third-order valence-corrected chi connectivity index (χ3v) is 2.61. The molecule has 0 bridgehead atoms. The van der Waals surface area contributed by atoms with Gasteiger partial charge in [-0.3, -0.25) is 0 Å². The molecule has 0 N–H and O–H groups in total. The maximum Gasteiger partial charge on any atom is 0.414 e. The number of ether oxygens (including phenoxy) is 2. The summed E-state index contributed by atoms with van der Waals surface area (Å²) in [6.07, 6.45) is -1.05. The van der Waals surface area contributed by atoms with E-state index in [1.807, 2.05) is 0 Å². The van der Waals surface area contributed by atoms with Gasteiger partial charge in [0.05, 0.1) is 0 Å². The molecule has 20 heavy (non-hydrogen) atoms. The molecule has 1 aromatic rings. The molecule has 0 atom stereocenters. The predicted molar refractivity (Wildman–Crippen MR) is 75.3 cm³/mol. The first kappa shape index (κ1) is 15.8. The molecule has 6 nitrogen and oxygen atoms in total. The van der Waals surface area contributed by atoms with Gasteiger partial charge in [-0.25, -0.2) is 9.59 Å². The Morgan fingerprint density at radius 3 is 1.35 bits per heavy atom. The Morgan fingerprint density at radius 1 is 0.800 bits per heavy atom. The van der Waals surface area contributed by atoms with E-state index in [1.165, 1.54) is 9.80 Å². The van der Waals surface area contributed by atoms with Crippen LogP contribution in [0.3, 0.4) is 0 Å². The zero-order valence-electron chi connectivity index (χ0n) is 12.7. The third-order valence-electron chi connectivity index (χ3n) is 2.61. The smallest absolute Gasteiger partial charge is 0.406 e. The van der Waals surface area contributed by atoms with Gasteiger partial charge in [-0.15, -0.1) is 0 Å². The van der Waals surface area contributed by atoms with Crippen molar-refractivity contribution in [3.63, 3.8) is 0 Å². The van der Waals surface area contributed by atoms with E-state index in [-0.39, 0.29) is 11.5 Å². The van der Waals surface area contributed by atoms with E-state index in [4.69, 9.17) is 9.47 Å². The van der Waals surface area contributed by atoms with Crippen molar-refractivity contribution in [3.8, 4) is 11.5 Å². The molecule has 0 saturated carbocycles. The summed E-state index contributed by atoms with van der Waals surface area (Å²) in [5.41, 5.74) is 1.43. The molecule has 0 aliphatic heterocycles. The number of carbonyl (C=O) groups is 2. The predicted octanol–water partition coefficient (Wildman–Crippen LogP) is 2.42. The average molecular weight is 280 g/mol. The van der Waals surface area contributed by atoms with Crippen molar-refractivity contribution in [1.29, 1.82) is 0 Å². The minimum Gasteiger partial charge on any atom is -0.406 e. The Hall–Kier alpha value is -2.24. The van der Waals surface area contributed by atoms with Crippen molar-refractivity contribution < 1.29 is 19.1 Å². The fourth-order valence-electron chi connectivity index (χ4n) is 1.37. The molecule has 0 saturated heterocycles. The van der Waals surface area contributed by atoms with E-state index >= 15 is 0 Å². The molecule has 0 aromatic heterocycles. The summed E-state index contributed by atoms with van der Waals surface area (Å²) < 4.78 is 10.6. The van der Waals surface area contributed by atoms with Crippen LogP contribution in [-0.4, -0.2) is 50.2 Å². The summed E-state index contributed by atoms with van der Waals surface area (Å²) in [5, 5.41) is 0.